The summed E-state index contributed by atoms with van der Waals surface area (Å²) in [6.07, 6.45) is 2.11. The second-order valence-corrected chi connectivity index (χ2v) is 13.2. The van der Waals surface area contributed by atoms with Gasteiger partial charge in [-0.3, -0.25) is 4.79 Å². The van der Waals surface area contributed by atoms with Crippen LogP contribution in [0, 0.1) is 28.6 Å². The van der Waals surface area contributed by atoms with Crippen LogP contribution in [0.2, 0.25) is 0 Å². The lowest BCUT2D eigenvalue weighted by Gasteiger charge is -2.60. The van der Waals surface area contributed by atoms with Crippen molar-refractivity contribution >= 4 is 5.78 Å². The quantitative estimate of drug-likeness (QED) is 0.353. The highest BCUT2D eigenvalue weighted by atomic mass is 16.3. The van der Waals surface area contributed by atoms with E-state index in [4.69, 9.17) is 0 Å². The monoisotopic (exact) mass is 480 g/mol. The SMILES string of the molecule is CC(C)(O)CC[C@H](O)[C@](C)(O)[C@@H]1CC[C@]2(O)C3=CC(=O)[C@@H]4C[C@H](O)[C@H](O)C[C@]4(C)[C@H]3CC[C@@]12C. The fraction of sp³-hybridized carbons (Fsp3) is 0.889. The summed E-state index contributed by atoms with van der Waals surface area (Å²) in [5.74, 6) is -0.948. The first kappa shape index (κ1) is 26.2. The van der Waals surface area contributed by atoms with Crippen molar-refractivity contribution in [1.29, 1.82) is 0 Å². The largest absolute Gasteiger partial charge is 0.390 e. The Balaban J connectivity index is 1.66. The van der Waals surface area contributed by atoms with Gasteiger partial charge in [0.1, 0.15) is 0 Å². The van der Waals surface area contributed by atoms with Crippen LogP contribution in [-0.4, -0.2) is 71.5 Å². The Hall–Kier alpha value is -0.830. The number of aliphatic hydroxyl groups is 6. The van der Waals surface area contributed by atoms with Gasteiger partial charge in [-0.15, -0.1) is 0 Å². The van der Waals surface area contributed by atoms with E-state index in [1.54, 1.807) is 26.8 Å². The van der Waals surface area contributed by atoms with E-state index in [9.17, 15) is 35.4 Å². The van der Waals surface area contributed by atoms with Crippen molar-refractivity contribution in [3.63, 3.8) is 0 Å². The Morgan fingerprint density at radius 3 is 2.32 bits per heavy atom. The zero-order chi connectivity index (χ0) is 25.5. The van der Waals surface area contributed by atoms with Gasteiger partial charge in [-0.05, 0) is 101 Å². The van der Waals surface area contributed by atoms with E-state index in [0.717, 1.165) is 0 Å². The maximum atomic E-state index is 13.2. The molecule has 3 saturated carbocycles. The second-order valence-electron chi connectivity index (χ2n) is 13.2. The molecule has 4 aliphatic carbocycles. The van der Waals surface area contributed by atoms with Crippen molar-refractivity contribution in [1.82, 2.24) is 0 Å². The highest BCUT2D eigenvalue weighted by Gasteiger charge is 2.69. The third-order valence-electron chi connectivity index (χ3n) is 10.5. The molecule has 10 atom stereocenters. The minimum absolute atomic E-state index is 0.0840. The Bertz CT molecular complexity index is 860. The number of carbonyl (C=O) groups is 1. The van der Waals surface area contributed by atoms with E-state index in [0.29, 0.717) is 44.1 Å². The number of hydrogen-bond acceptors (Lipinski definition) is 7. The van der Waals surface area contributed by atoms with Crippen LogP contribution in [0.1, 0.15) is 86.0 Å². The van der Waals surface area contributed by atoms with Gasteiger partial charge in [-0.2, -0.15) is 0 Å². The Kier molecular flexibility index (Phi) is 6.24. The molecule has 0 aliphatic heterocycles. The van der Waals surface area contributed by atoms with Crippen molar-refractivity contribution < 1.29 is 35.4 Å². The number of allylic oxidation sites excluding steroid dienone is 1. The minimum Gasteiger partial charge on any atom is -0.390 e. The molecule has 3 fully saturated rings. The lowest BCUT2D eigenvalue weighted by atomic mass is 9.45. The standard InChI is InChI=1S/C27H44O7/c1-23(2,32)9-8-22(31)26(5,33)21-7-11-27(34)16-12-18(28)17-13-19(29)20(30)14-24(17,3)15(16)6-10-25(21,27)4/h12,15,17,19-22,29-34H,6-11,13-14H2,1-5H3/t15-,17-,19-,20+,21+,22-,24+,25-,26+,27-/m0/s1. The number of ketones is 1. The van der Waals surface area contributed by atoms with Crippen LogP contribution in [0.5, 0.6) is 0 Å². The molecule has 0 heterocycles. The first-order chi connectivity index (χ1) is 15.5. The van der Waals surface area contributed by atoms with Gasteiger partial charge in [0.05, 0.1) is 35.1 Å². The van der Waals surface area contributed by atoms with Crippen LogP contribution >= 0.6 is 0 Å². The summed E-state index contributed by atoms with van der Waals surface area (Å²) in [5.41, 5.74) is -4.27. The van der Waals surface area contributed by atoms with Gasteiger partial charge in [0.25, 0.3) is 0 Å². The van der Waals surface area contributed by atoms with E-state index in [-0.39, 0.29) is 36.4 Å². The fourth-order valence-electron chi connectivity index (χ4n) is 8.32. The van der Waals surface area contributed by atoms with Gasteiger partial charge in [0, 0.05) is 11.3 Å². The Morgan fingerprint density at radius 1 is 1.06 bits per heavy atom. The highest BCUT2D eigenvalue weighted by Crippen LogP contribution is 2.68. The normalized spacial score (nSPS) is 47.2. The maximum Gasteiger partial charge on any atom is 0.159 e. The molecule has 0 spiro atoms. The molecule has 7 heteroatoms. The molecule has 0 radical (unpaired) electrons. The third kappa shape index (κ3) is 3.73. The van der Waals surface area contributed by atoms with Gasteiger partial charge < -0.3 is 30.6 Å². The topological polar surface area (TPSA) is 138 Å². The number of carbonyl (C=O) groups excluding carboxylic acids is 1. The summed E-state index contributed by atoms with van der Waals surface area (Å²) in [6.45, 7) is 8.96. The summed E-state index contributed by atoms with van der Waals surface area (Å²) < 4.78 is 0. The Morgan fingerprint density at radius 2 is 1.71 bits per heavy atom. The van der Waals surface area contributed by atoms with Crippen LogP contribution in [0.4, 0.5) is 0 Å². The van der Waals surface area contributed by atoms with E-state index in [2.05, 4.69) is 0 Å². The van der Waals surface area contributed by atoms with Gasteiger partial charge in [-0.1, -0.05) is 13.8 Å². The van der Waals surface area contributed by atoms with E-state index >= 15 is 0 Å². The summed E-state index contributed by atoms with van der Waals surface area (Å²) >= 11 is 0. The molecule has 0 unspecified atom stereocenters. The van der Waals surface area contributed by atoms with Gasteiger partial charge >= 0.3 is 0 Å². The van der Waals surface area contributed by atoms with E-state index in [1.165, 1.54) is 0 Å². The van der Waals surface area contributed by atoms with Crippen molar-refractivity contribution in [2.24, 2.45) is 28.6 Å². The van der Waals surface area contributed by atoms with Crippen LogP contribution in [0.25, 0.3) is 0 Å². The molecule has 34 heavy (non-hydrogen) atoms. The van der Waals surface area contributed by atoms with Crippen LogP contribution in [-0.2, 0) is 4.79 Å². The molecule has 6 N–H and O–H groups in total. The Labute approximate surface area is 202 Å². The lowest BCUT2D eigenvalue weighted by molar-refractivity contribution is -0.177. The van der Waals surface area contributed by atoms with Crippen LogP contribution in [0.3, 0.4) is 0 Å². The zero-order valence-electron chi connectivity index (χ0n) is 21.3. The highest BCUT2D eigenvalue weighted by molar-refractivity contribution is 5.95. The zero-order valence-corrected chi connectivity index (χ0v) is 21.3. The molecule has 194 valence electrons. The van der Waals surface area contributed by atoms with Gasteiger partial charge in [0.2, 0.25) is 0 Å². The molecule has 0 saturated heterocycles. The molecule has 0 aromatic heterocycles. The maximum absolute atomic E-state index is 13.2. The smallest absolute Gasteiger partial charge is 0.159 e. The molecule has 0 bridgehead atoms. The second kappa shape index (κ2) is 8.09. The van der Waals surface area contributed by atoms with Crippen molar-refractivity contribution in [3.8, 4) is 0 Å². The molecular formula is C27H44O7. The molecule has 4 rings (SSSR count). The summed E-state index contributed by atoms with van der Waals surface area (Å²) in [7, 11) is 0. The first-order valence-electron chi connectivity index (χ1n) is 12.9. The predicted octanol–water partition coefficient (Wildman–Crippen LogP) is 1.85. The third-order valence-corrected chi connectivity index (χ3v) is 10.5. The molecule has 7 nitrogen and oxygen atoms in total. The first-order valence-corrected chi connectivity index (χ1v) is 12.9. The summed E-state index contributed by atoms with van der Waals surface area (Å²) in [5, 5.41) is 65.5. The van der Waals surface area contributed by atoms with Crippen molar-refractivity contribution in [2.45, 2.75) is 121 Å². The number of aliphatic hydroxyl groups excluding tert-OH is 3. The molecule has 0 aromatic carbocycles. The average molecular weight is 481 g/mol. The van der Waals surface area contributed by atoms with Crippen LogP contribution in [0.15, 0.2) is 11.6 Å². The number of fused-ring (bicyclic) bond motifs is 5. The van der Waals surface area contributed by atoms with E-state index in [1.807, 2.05) is 13.8 Å². The lowest BCUT2D eigenvalue weighted by Crippen LogP contribution is -2.62. The molecular weight excluding hydrogens is 436 g/mol. The summed E-state index contributed by atoms with van der Waals surface area (Å²) in [6, 6.07) is 0. The average Bonchev–Trinajstić information content (AvgIpc) is 3.00. The van der Waals surface area contributed by atoms with Gasteiger partial charge in [-0.25, -0.2) is 0 Å². The van der Waals surface area contributed by atoms with Crippen LogP contribution < -0.4 is 0 Å². The molecule has 0 aromatic rings. The fourth-order valence-corrected chi connectivity index (χ4v) is 8.32. The van der Waals surface area contributed by atoms with Gasteiger partial charge in [0.15, 0.2) is 5.78 Å². The predicted molar refractivity (Wildman–Crippen MR) is 127 cm³/mol. The van der Waals surface area contributed by atoms with Crippen molar-refractivity contribution in [2.75, 3.05) is 0 Å². The number of rotatable bonds is 5. The van der Waals surface area contributed by atoms with Crippen molar-refractivity contribution in [3.05, 3.63) is 11.6 Å². The number of hydrogen-bond donors (Lipinski definition) is 6. The molecule has 4 aliphatic rings. The minimum atomic E-state index is -1.46. The summed E-state index contributed by atoms with van der Waals surface area (Å²) in [4.78, 5) is 13.2. The van der Waals surface area contributed by atoms with E-state index < -0.39 is 45.9 Å². The molecule has 0 amide bonds.